The van der Waals surface area contributed by atoms with Crippen LogP contribution in [0.2, 0.25) is 6.04 Å². The summed E-state index contributed by atoms with van der Waals surface area (Å²) in [7, 11) is 5.88. The van der Waals surface area contributed by atoms with Crippen molar-refractivity contribution in [1.82, 2.24) is 0 Å². The summed E-state index contributed by atoms with van der Waals surface area (Å²) in [5, 5.41) is 0. The van der Waals surface area contributed by atoms with Gasteiger partial charge >= 0.3 is 0 Å². The van der Waals surface area contributed by atoms with E-state index in [1.54, 1.807) is 27.4 Å². The SMILES string of the molecule is C=CC(OC)(OC)C(C[SiH3])OC. The van der Waals surface area contributed by atoms with E-state index in [0.29, 0.717) is 0 Å². The van der Waals surface area contributed by atoms with Crippen molar-refractivity contribution >= 4 is 10.2 Å². The third-order valence-corrected chi connectivity index (χ3v) is 2.77. The molecule has 0 saturated heterocycles. The van der Waals surface area contributed by atoms with E-state index in [2.05, 4.69) is 6.58 Å². The zero-order valence-corrected chi connectivity index (χ0v) is 10.3. The van der Waals surface area contributed by atoms with Gasteiger partial charge in [0.2, 0.25) is 5.79 Å². The van der Waals surface area contributed by atoms with Crippen LogP contribution < -0.4 is 0 Å². The zero-order chi connectivity index (χ0) is 9.61. The zero-order valence-electron chi connectivity index (χ0n) is 8.29. The summed E-state index contributed by atoms with van der Waals surface area (Å²) >= 11 is 0. The monoisotopic (exact) mass is 190 g/mol. The van der Waals surface area contributed by atoms with Crippen molar-refractivity contribution in [3.63, 3.8) is 0 Å². The third kappa shape index (κ3) is 2.16. The van der Waals surface area contributed by atoms with Crippen molar-refractivity contribution in [2.75, 3.05) is 21.3 Å². The van der Waals surface area contributed by atoms with Gasteiger partial charge < -0.3 is 14.2 Å². The first-order valence-electron chi connectivity index (χ1n) is 3.97. The number of hydrogen-bond acceptors (Lipinski definition) is 3. The molecule has 0 aromatic carbocycles. The Labute approximate surface area is 77.1 Å². The lowest BCUT2D eigenvalue weighted by atomic mass is 10.1. The Hall–Kier alpha value is -0.163. The van der Waals surface area contributed by atoms with E-state index in [9.17, 15) is 0 Å². The minimum atomic E-state index is -0.781. The number of methoxy groups -OCH3 is 3. The molecule has 0 bridgehead atoms. The first kappa shape index (κ1) is 11.8. The van der Waals surface area contributed by atoms with Crippen LogP contribution in [0.1, 0.15) is 0 Å². The fourth-order valence-corrected chi connectivity index (χ4v) is 2.16. The molecule has 0 aromatic rings. The largest absolute Gasteiger partial charge is 0.376 e. The summed E-state index contributed by atoms with van der Waals surface area (Å²) in [6.07, 6.45) is 1.58. The standard InChI is InChI=1S/C8H18O3Si/c1-5-8(10-3,11-4)7(6-12)9-2/h5,7H,1,6H2,2-4,12H3. The van der Waals surface area contributed by atoms with Gasteiger partial charge in [-0.15, -0.1) is 0 Å². The third-order valence-electron chi connectivity index (χ3n) is 2.03. The summed E-state index contributed by atoms with van der Waals surface area (Å²) in [5.74, 6) is -0.781. The average molecular weight is 190 g/mol. The quantitative estimate of drug-likeness (QED) is 0.334. The molecule has 0 amide bonds. The van der Waals surface area contributed by atoms with Crippen molar-refractivity contribution in [2.45, 2.75) is 17.9 Å². The maximum Gasteiger partial charge on any atom is 0.213 e. The molecule has 72 valence electrons. The van der Waals surface area contributed by atoms with Gasteiger partial charge in [-0.3, -0.25) is 0 Å². The van der Waals surface area contributed by atoms with Crippen LogP contribution >= 0.6 is 0 Å². The molecule has 1 atom stereocenters. The molecule has 0 spiro atoms. The number of hydrogen-bond donors (Lipinski definition) is 0. The number of rotatable bonds is 6. The van der Waals surface area contributed by atoms with E-state index in [1.807, 2.05) is 0 Å². The summed E-state index contributed by atoms with van der Waals surface area (Å²) in [6, 6.07) is 0.949. The van der Waals surface area contributed by atoms with Gasteiger partial charge in [0.05, 0.1) is 0 Å². The fraction of sp³-hybridized carbons (Fsp3) is 0.750. The first-order chi connectivity index (χ1) is 5.70. The summed E-state index contributed by atoms with van der Waals surface area (Å²) in [4.78, 5) is 0. The lowest BCUT2D eigenvalue weighted by molar-refractivity contribution is -0.227. The van der Waals surface area contributed by atoms with E-state index >= 15 is 0 Å². The molecule has 0 radical (unpaired) electrons. The van der Waals surface area contributed by atoms with Crippen molar-refractivity contribution < 1.29 is 14.2 Å². The van der Waals surface area contributed by atoms with Crippen LogP contribution in [-0.2, 0) is 14.2 Å². The summed E-state index contributed by atoms with van der Waals surface area (Å²) in [5.41, 5.74) is 0. The number of ether oxygens (including phenoxy) is 3. The second kappa shape index (κ2) is 5.48. The molecule has 0 saturated carbocycles. The Kier molecular flexibility index (Phi) is 5.40. The fourth-order valence-electron chi connectivity index (χ4n) is 1.26. The van der Waals surface area contributed by atoms with Crippen LogP contribution in [0.5, 0.6) is 0 Å². The minimum Gasteiger partial charge on any atom is -0.376 e. The van der Waals surface area contributed by atoms with Gasteiger partial charge in [0, 0.05) is 31.6 Å². The molecule has 1 unspecified atom stereocenters. The molecule has 0 aliphatic heterocycles. The highest BCUT2D eigenvalue weighted by Crippen LogP contribution is 2.22. The van der Waals surface area contributed by atoms with Crippen LogP contribution in [0.25, 0.3) is 0 Å². The van der Waals surface area contributed by atoms with Crippen molar-refractivity contribution in [2.24, 2.45) is 0 Å². The predicted molar refractivity (Wildman–Crippen MR) is 52.5 cm³/mol. The smallest absolute Gasteiger partial charge is 0.213 e. The van der Waals surface area contributed by atoms with Gasteiger partial charge in [0.1, 0.15) is 6.10 Å². The maximum atomic E-state index is 5.25. The van der Waals surface area contributed by atoms with Gasteiger partial charge in [-0.25, -0.2) is 0 Å². The lowest BCUT2D eigenvalue weighted by Gasteiger charge is -2.33. The molecular formula is C8H18O3Si. The van der Waals surface area contributed by atoms with Gasteiger partial charge in [-0.2, -0.15) is 0 Å². The van der Waals surface area contributed by atoms with E-state index in [4.69, 9.17) is 14.2 Å². The van der Waals surface area contributed by atoms with E-state index in [1.165, 1.54) is 0 Å². The highest BCUT2D eigenvalue weighted by atomic mass is 28.1. The van der Waals surface area contributed by atoms with E-state index < -0.39 is 5.79 Å². The Morgan fingerprint density at radius 3 is 2.00 bits per heavy atom. The Balaban J connectivity index is 4.53. The molecule has 4 heteroatoms. The second-order valence-corrected chi connectivity index (χ2v) is 3.28. The Morgan fingerprint density at radius 1 is 1.42 bits per heavy atom. The summed E-state index contributed by atoms with van der Waals surface area (Å²) in [6.45, 7) is 3.68. The molecular weight excluding hydrogens is 172 g/mol. The molecule has 0 fully saturated rings. The van der Waals surface area contributed by atoms with Gasteiger partial charge in [-0.05, 0) is 12.1 Å². The minimum absolute atomic E-state index is 0.0586. The van der Waals surface area contributed by atoms with E-state index in [0.717, 1.165) is 16.3 Å². The van der Waals surface area contributed by atoms with Crippen LogP contribution in [-0.4, -0.2) is 43.5 Å². The second-order valence-electron chi connectivity index (χ2n) is 2.47. The first-order valence-corrected chi connectivity index (χ1v) is 5.38. The van der Waals surface area contributed by atoms with Crippen molar-refractivity contribution in [1.29, 1.82) is 0 Å². The lowest BCUT2D eigenvalue weighted by Crippen LogP contribution is -2.44. The van der Waals surface area contributed by atoms with Crippen LogP contribution in [0.4, 0.5) is 0 Å². The Morgan fingerprint density at radius 2 is 1.92 bits per heavy atom. The van der Waals surface area contributed by atoms with Crippen LogP contribution in [0.15, 0.2) is 12.7 Å². The molecule has 3 nitrogen and oxygen atoms in total. The normalized spacial score (nSPS) is 14.6. The summed E-state index contributed by atoms with van der Waals surface area (Å²) < 4.78 is 15.7. The molecule has 0 aromatic heterocycles. The molecule has 0 heterocycles. The molecule has 0 rings (SSSR count). The highest BCUT2D eigenvalue weighted by molar-refractivity contribution is 6.08. The Bertz CT molecular complexity index is 130. The predicted octanol–water partition coefficient (Wildman–Crippen LogP) is -0.0398. The highest BCUT2D eigenvalue weighted by Gasteiger charge is 2.35. The van der Waals surface area contributed by atoms with Crippen LogP contribution in [0.3, 0.4) is 0 Å². The van der Waals surface area contributed by atoms with Gasteiger partial charge in [0.25, 0.3) is 0 Å². The van der Waals surface area contributed by atoms with E-state index in [-0.39, 0.29) is 6.10 Å². The molecule has 12 heavy (non-hydrogen) atoms. The van der Waals surface area contributed by atoms with Crippen LogP contribution in [0, 0.1) is 0 Å². The van der Waals surface area contributed by atoms with Gasteiger partial charge in [0.15, 0.2) is 0 Å². The van der Waals surface area contributed by atoms with Crippen molar-refractivity contribution in [3.05, 3.63) is 12.7 Å². The average Bonchev–Trinajstić information content (AvgIpc) is 2.14. The maximum absolute atomic E-state index is 5.25. The van der Waals surface area contributed by atoms with Crippen molar-refractivity contribution in [3.8, 4) is 0 Å². The molecule has 0 N–H and O–H groups in total. The topological polar surface area (TPSA) is 27.7 Å². The molecule has 0 aliphatic rings. The van der Waals surface area contributed by atoms with Gasteiger partial charge in [-0.1, -0.05) is 6.58 Å². The molecule has 0 aliphatic carbocycles.